The average Bonchev–Trinajstić information content (AvgIpc) is 3.30. The van der Waals surface area contributed by atoms with E-state index in [0.29, 0.717) is 29.1 Å². The number of benzene rings is 1. The number of nitrogens with zero attached hydrogens (tertiary/aromatic N) is 2. The fourth-order valence-corrected chi connectivity index (χ4v) is 4.19. The minimum absolute atomic E-state index is 0.0280. The number of aromatic nitrogens is 2. The molecule has 6 heteroatoms. The number of carbonyl (C=O) groups is 1. The van der Waals surface area contributed by atoms with Crippen LogP contribution in [0.4, 0.5) is 0 Å². The summed E-state index contributed by atoms with van der Waals surface area (Å²) in [6.07, 6.45) is 5.61. The van der Waals surface area contributed by atoms with Crippen LogP contribution in [0.15, 0.2) is 28.7 Å². The molecule has 2 aliphatic rings. The second-order valence-corrected chi connectivity index (χ2v) is 7.24. The third kappa shape index (κ3) is 3.31. The zero-order valence-electron chi connectivity index (χ0n) is 13.3. The van der Waals surface area contributed by atoms with E-state index in [9.17, 15) is 4.79 Å². The van der Waals surface area contributed by atoms with Crippen molar-refractivity contribution in [3.05, 3.63) is 35.2 Å². The summed E-state index contributed by atoms with van der Waals surface area (Å²) < 4.78 is 10.8. The van der Waals surface area contributed by atoms with Gasteiger partial charge in [-0.15, -0.1) is 10.2 Å². The van der Waals surface area contributed by atoms with Gasteiger partial charge in [-0.2, -0.15) is 0 Å². The Labute approximate surface area is 145 Å². The molecule has 0 saturated heterocycles. The molecule has 2 saturated carbocycles. The number of ether oxygens (including phenoxy) is 1. The number of fused-ring (bicyclic) bond motifs is 2. The molecule has 2 fully saturated rings. The molecule has 5 nitrogen and oxygen atoms in total. The summed E-state index contributed by atoms with van der Waals surface area (Å²) in [6, 6.07) is 7.13. The van der Waals surface area contributed by atoms with Gasteiger partial charge in [0.1, 0.15) is 0 Å². The summed E-state index contributed by atoms with van der Waals surface area (Å²) in [4.78, 5) is 12.0. The highest BCUT2D eigenvalue weighted by Crippen LogP contribution is 2.49. The highest BCUT2D eigenvalue weighted by molar-refractivity contribution is 6.30. The number of carbonyl (C=O) groups excluding carboxylic acids is 1. The van der Waals surface area contributed by atoms with Gasteiger partial charge in [-0.1, -0.05) is 18.0 Å². The first kappa shape index (κ1) is 15.6. The van der Waals surface area contributed by atoms with Gasteiger partial charge in [0.05, 0.1) is 0 Å². The van der Waals surface area contributed by atoms with Crippen LogP contribution in [0, 0.1) is 17.8 Å². The smallest absolute Gasteiger partial charge is 0.306 e. The van der Waals surface area contributed by atoms with Gasteiger partial charge in [-0.3, -0.25) is 4.79 Å². The van der Waals surface area contributed by atoms with Crippen LogP contribution in [0.3, 0.4) is 0 Å². The number of hydrogen-bond donors (Lipinski definition) is 0. The first-order valence-corrected chi connectivity index (χ1v) is 8.79. The highest BCUT2D eigenvalue weighted by Gasteiger charge is 2.40. The quantitative estimate of drug-likeness (QED) is 0.757. The molecule has 1 aromatic heterocycles. The van der Waals surface area contributed by atoms with Gasteiger partial charge in [-0.25, -0.2) is 0 Å². The van der Waals surface area contributed by atoms with Crippen molar-refractivity contribution in [2.75, 3.05) is 0 Å². The Kier molecular flexibility index (Phi) is 4.27. The Morgan fingerprint density at radius 2 is 2.04 bits per heavy atom. The van der Waals surface area contributed by atoms with Crippen LogP contribution in [0.5, 0.6) is 0 Å². The monoisotopic (exact) mass is 346 g/mol. The second-order valence-electron chi connectivity index (χ2n) is 6.81. The van der Waals surface area contributed by atoms with Crippen LogP contribution < -0.4 is 0 Å². The number of rotatable bonds is 5. The zero-order valence-corrected chi connectivity index (χ0v) is 14.0. The van der Waals surface area contributed by atoms with E-state index in [2.05, 4.69) is 10.2 Å². The number of esters is 1. The predicted octanol–water partition coefficient (Wildman–Crippen LogP) is 4.26. The molecule has 24 heavy (non-hydrogen) atoms. The van der Waals surface area contributed by atoms with Crippen molar-refractivity contribution in [1.29, 1.82) is 0 Å². The third-order valence-electron chi connectivity index (χ3n) is 5.23. The van der Waals surface area contributed by atoms with Crippen molar-refractivity contribution in [3.63, 3.8) is 0 Å². The van der Waals surface area contributed by atoms with Crippen molar-refractivity contribution in [2.24, 2.45) is 17.8 Å². The van der Waals surface area contributed by atoms with E-state index in [1.807, 2.05) is 0 Å². The van der Waals surface area contributed by atoms with Crippen LogP contribution in [0.1, 0.15) is 38.0 Å². The lowest BCUT2D eigenvalue weighted by atomic mass is 9.86. The average molecular weight is 347 g/mol. The van der Waals surface area contributed by atoms with Crippen LogP contribution in [0.25, 0.3) is 11.5 Å². The van der Waals surface area contributed by atoms with Gasteiger partial charge in [0.25, 0.3) is 5.89 Å². The maximum Gasteiger partial charge on any atom is 0.306 e. The zero-order chi connectivity index (χ0) is 16.5. The lowest BCUT2D eigenvalue weighted by Gasteiger charge is -2.20. The maximum atomic E-state index is 12.0. The SMILES string of the molecule is O=C(C[C@@H]1C[C@H]2CC[C@@H]1C2)OCc1nnc(-c2ccc(Cl)cc2)o1. The first-order chi connectivity index (χ1) is 11.7. The van der Waals surface area contributed by atoms with E-state index < -0.39 is 0 Å². The molecule has 0 N–H and O–H groups in total. The molecule has 1 aromatic carbocycles. The molecule has 0 unspecified atom stereocenters. The van der Waals surface area contributed by atoms with Gasteiger partial charge >= 0.3 is 5.97 Å². The Balaban J connectivity index is 1.30. The van der Waals surface area contributed by atoms with Gasteiger partial charge < -0.3 is 9.15 Å². The van der Waals surface area contributed by atoms with Crippen LogP contribution in [-0.4, -0.2) is 16.2 Å². The largest absolute Gasteiger partial charge is 0.456 e. The summed E-state index contributed by atoms with van der Waals surface area (Å²) in [6.45, 7) is 0.0280. The van der Waals surface area contributed by atoms with Crippen molar-refractivity contribution >= 4 is 17.6 Å². The summed E-state index contributed by atoms with van der Waals surface area (Å²) >= 11 is 5.86. The normalized spacial score (nSPS) is 25.1. The summed E-state index contributed by atoms with van der Waals surface area (Å²) in [7, 11) is 0. The maximum absolute atomic E-state index is 12.0. The minimum Gasteiger partial charge on any atom is -0.456 e. The van der Waals surface area contributed by atoms with E-state index in [1.165, 1.54) is 25.7 Å². The molecule has 4 rings (SSSR count). The fraction of sp³-hybridized carbons (Fsp3) is 0.500. The molecule has 0 aliphatic heterocycles. The van der Waals surface area contributed by atoms with Crippen LogP contribution >= 0.6 is 11.6 Å². The van der Waals surface area contributed by atoms with Crippen molar-refractivity contribution in [1.82, 2.24) is 10.2 Å². The van der Waals surface area contributed by atoms with Gasteiger partial charge in [-0.05, 0) is 61.3 Å². The van der Waals surface area contributed by atoms with Crippen molar-refractivity contribution in [3.8, 4) is 11.5 Å². The van der Waals surface area contributed by atoms with Gasteiger partial charge in [0.15, 0.2) is 6.61 Å². The summed E-state index contributed by atoms with van der Waals surface area (Å²) in [5, 5.41) is 8.55. The second kappa shape index (κ2) is 6.55. The predicted molar refractivity (Wildman–Crippen MR) is 88.1 cm³/mol. The standard InChI is InChI=1S/C18H19ClN2O3/c19-15-5-3-12(4-6-15)18-21-20-16(24-18)10-23-17(22)9-14-8-11-1-2-13(14)7-11/h3-6,11,13-14H,1-2,7-10H2/t11-,13+,14-/m0/s1. The topological polar surface area (TPSA) is 65.2 Å². The van der Waals surface area contributed by atoms with Gasteiger partial charge in [0.2, 0.25) is 5.89 Å². The molecule has 126 valence electrons. The molecule has 0 spiro atoms. The number of halogens is 1. The highest BCUT2D eigenvalue weighted by atomic mass is 35.5. The van der Waals surface area contributed by atoms with E-state index in [-0.39, 0.29) is 12.6 Å². The molecular weight excluding hydrogens is 328 g/mol. The Morgan fingerprint density at radius 3 is 2.75 bits per heavy atom. The van der Waals surface area contributed by atoms with Crippen molar-refractivity contribution in [2.45, 2.75) is 38.7 Å². The van der Waals surface area contributed by atoms with Crippen LogP contribution in [0.2, 0.25) is 5.02 Å². The van der Waals surface area contributed by atoms with E-state index in [4.69, 9.17) is 20.8 Å². The van der Waals surface area contributed by atoms with E-state index in [0.717, 1.165) is 17.4 Å². The molecule has 0 amide bonds. The lowest BCUT2D eigenvalue weighted by molar-refractivity contribution is -0.147. The molecule has 3 atom stereocenters. The lowest BCUT2D eigenvalue weighted by Crippen LogP contribution is -2.17. The molecule has 2 aromatic rings. The minimum atomic E-state index is -0.168. The molecule has 2 bridgehead atoms. The molecular formula is C18H19ClN2O3. The third-order valence-corrected chi connectivity index (χ3v) is 5.48. The Hall–Kier alpha value is -1.88. The van der Waals surface area contributed by atoms with Crippen molar-refractivity contribution < 1.29 is 13.9 Å². The summed E-state index contributed by atoms with van der Waals surface area (Å²) in [5.74, 6) is 2.60. The number of hydrogen-bond acceptors (Lipinski definition) is 5. The van der Waals surface area contributed by atoms with Crippen LogP contribution in [-0.2, 0) is 16.1 Å². The Morgan fingerprint density at radius 1 is 1.21 bits per heavy atom. The van der Waals surface area contributed by atoms with E-state index in [1.54, 1.807) is 24.3 Å². The molecule has 2 aliphatic carbocycles. The fourth-order valence-electron chi connectivity index (χ4n) is 4.06. The van der Waals surface area contributed by atoms with E-state index >= 15 is 0 Å². The molecule has 0 radical (unpaired) electrons. The Bertz CT molecular complexity index is 728. The first-order valence-electron chi connectivity index (χ1n) is 8.41. The van der Waals surface area contributed by atoms with Gasteiger partial charge in [0, 0.05) is 17.0 Å². The summed E-state index contributed by atoms with van der Waals surface area (Å²) in [5.41, 5.74) is 0.784. The molecule has 1 heterocycles.